The molecule has 0 aliphatic carbocycles. The van der Waals surface area contributed by atoms with Crippen molar-refractivity contribution < 1.29 is 27.1 Å². The standard InChI is InChI=1S/C21H13BrClF4NO2S2/c1-9-3-8-13(23)14(16(9)24)20(31)28-19(29)17-10(2)15(22)18(32-17)11-4-6-12(7-5-11)30-21(25,26)27/h3-8H,1-2H3,(H,28,29,31). The number of aryl methyl sites for hydroxylation is 1. The lowest BCUT2D eigenvalue weighted by Gasteiger charge is -2.09. The Hall–Kier alpha value is -1.88. The first-order valence-corrected chi connectivity index (χ1v) is 11.2. The maximum Gasteiger partial charge on any atom is 0.573 e. The minimum atomic E-state index is -4.79. The Morgan fingerprint density at radius 1 is 1.16 bits per heavy atom. The summed E-state index contributed by atoms with van der Waals surface area (Å²) >= 11 is 14.7. The molecule has 3 rings (SSSR count). The van der Waals surface area contributed by atoms with Crippen LogP contribution in [-0.4, -0.2) is 17.3 Å². The lowest BCUT2D eigenvalue weighted by Crippen LogP contribution is -2.16. The molecular weight excluding hydrogens is 554 g/mol. The molecule has 0 spiro atoms. The largest absolute Gasteiger partial charge is 0.573 e. The van der Waals surface area contributed by atoms with E-state index in [1.165, 1.54) is 36.4 Å². The third kappa shape index (κ3) is 5.36. The molecular formula is C21H13BrClF4NO2S2. The van der Waals surface area contributed by atoms with Gasteiger partial charge in [0.15, 0.2) is 0 Å². The van der Waals surface area contributed by atoms with E-state index in [9.17, 15) is 22.4 Å². The first-order valence-electron chi connectivity index (χ1n) is 8.81. The van der Waals surface area contributed by atoms with Gasteiger partial charge in [0.1, 0.15) is 16.6 Å². The summed E-state index contributed by atoms with van der Waals surface area (Å²) in [4.78, 5) is 17.6. The summed E-state index contributed by atoms with van der Waals surface area (Å²) in [7, 11) is 0. The molecule has 0 radical (unpaired) electrons. The Bertz CT molecular complexity index is 1220. The number of amides is 1. The Morgan fingerprint density at radius 2 is 1.78 bits per heavy atom. The van der Waals surface area contributed by atoms with Crippen LogP contribution in [0.15, 0.2) is 45.9 Å². The van der Waals surface area contributed by atoms with E-state index in [2.05, 4.69) is 38.3 Å². The fraction of sp³-hybridized carbons (Fsp3) is 0.143. The highest BCUT2D eigenvalue weighted by molar-refractivity contribution is 9.10. The van der Waals surface area contributed by atoms with Gasteiger partial charge in [-0.1, -0.05) is 17.7 Å². The number of carbonyl (C=O) groups is 1. The number of hydrogen-bond acceptors (Lipinski definition) is 3. The van der Waals surface area contributed by atoms with Gasteiger partial charge < -0.3 is 4.74 Å². The first kappa shape index (κ1) is 24.8. The number of nitrogens with zero attached hydrogens (tertiary/aromatic N) is 1. The Morgan fingerprint density at radius 3 is 2.38 bits per heavy atom. The van der Waals surface area contributed by atoms with Crippen LogP contribution < -0.4 is 4.74 Å². The summed E-state index contributed by atoms with van der Waals surface area (Å²) in [6, 6.07) is 8.24. The molecule has 168 valence electrons. The Balaban J connectivity index is 1.94. The summed E-state index contributed by atoms with van der Waals surface area (Å²) in [6.07, 6.45) is -4.79. The molecule has 3 aromatic rings. The Kier molecular flexibility index (Phi) is 7.38. The summed E-state index contributed by atoms with van der Waals surface area (Å²) in [6.45, 7) is 3.24. The quantitative estimate of drug-likeness (QED) is 0.150. The first-order chi connectivity index (χ1) is 14.9. The average molecular weight is 567 g/mol. The third-order valence-corrected chi connectivity index (χ3v) is 7.55. The van der Waals surface area contributed by atoms with Crippen LogP contribution in [0.3, 0.4) is 0 Å². The van der Waals surface area contributed by atoms with Crippen LogP contribution in [-0.2, 0) is 0 Å². The van der Waals surface area contributed by atoms with Crippen molar-refractivity contribution in [2.45, 2.75) is 20.2 Å². The van der Waals surface area contributed by atoms with Gasteiger partial charge in [0.25, 0.3) is 5.91 Å². The molecule has 1 aromatic heterocycles. The Labute approximate surface area is 203 Å². The summed E-state index contributed by atoms with van der Waals surface area (Å²) in [5, 5.41) is -0.0964. The van der Waals surface area contributed by atoms with Gasteiger partial charge in [-0.05, 0) is 76.8 Å². The molecule has 1 amide bonds. The third-order valence-electron chi connectivity index (χ3n) is 4.33. The van der Waals surface area contributed by atoms with Crippen LogP contribution in [0.5, 0.6) is 5.75 Å². The monoisotopic (exact) mass is 565 g/mol. The van der Waals surface area contributed by atoms with Crippen molar-refractivity contribution in [2.75, 3.05) is 0 Å². The van der Waals surface area contributed by atoms with Crippen LogP contribution in [0.2, 0.25) is 5.02 Å². The van der Waals surface area contributed by atoms with Gasteiger partial charge in [-0.2, -0.15) is 0 Å². The van der Waals surface area contributed by atoms with Crippen molar-refractivity contribution >= 4 is 62.4 Å². The molecule has 0 atom stereocenters. The van der Waals surface area contributed by atoms with Crippen LogP contribution in [0.25, 0.3) is 10.4 Å². The topological polar surface area (TPSA) is 38.7 Å². The highest BCUT2D eigenvalue weighted by Crippen LogP contribution is 2.41. The van der Waals surface area contributed by atoms with Gasteiger partial charge in [-0.15, -0.1) is 37.1 Å². The minimum absolute atomic E-state index is 0.0700. The number of alkyl halides is 3. The van der Waals surface area contributed by atoms with Gasteiger partial charge in [-0.25, -0.2) is 9.38 Å². The molecule has 0 saturated carbocycles. The molecule has 32 heavy (non-hydrogen) atoms. The smallest absolute Gasteiger partial charge is 0.406 e. The second kappa shape index (κ2) is 9.54. The number of carbonyl (C=O) groups excluding carboxylic acids is 1. The highest BCUT2D eigenvalue weighted by atomic mass is 79.9. The van der Waals surface area contributed by atoms with E-state index in [1.807, 2.05) is 0 Å². The predicted molar refractivity (Wildman–Crippen MR) is 125 cm³/mol. The number of ether oxygens (including phenoxy) is 1. The molecule has 11 heteroatoms. The number of halogens is 6. The molecule has 0 unspecified atom stereocenters. The van der Waals surface area contributed by atoms with Crippen molar-refractivity contribution in [2.24, 2.45) is 4.99 Å². The second-order valence-electron chi connectivity index (χ2n) is 6.57. The van der Waals surface area contributed by atoms with E-state index in [0.717, 1.165) is 11.3 Å². The maximum absolute atomic E-state index is 14.5. The van der Waals surface area contributed by atoms with Gasteiger partial charge in [0.2, 0.25) is 0 Å². The predicted octanol–water partition coefficient (Wildman–Crippen LogP) is 8.00. The minimum Gasteiger partial charge on any atom is -0.406 e. The van der Waals surface area contributed by atoms with Crippen LogP contribution in [0, 0.1) is 19.7 Å². The molecule has 0 bridgehead atoms. The molecule has 2 aromatic carbocycles. The van der Waals surface area contributed by atoms with Crippen LogP contribution in [0.1, 0.15) is 26.4 Å². The molecule has 0 saturated heterocycles. The lowest BCUT2D eigenvalue weighted by molar-refractivity contribution is -0.274. The average Bonchev–Trinajstić information content (AvgIpc) is 2.99. The maximum atomic E-state index is 14.5. The van der Waals surface area contributed by atoms with Crippen molar-refractivity contribution in [3.05, 3.63) is 73.3 Å². The SMILES string of the molecule is Cc1ccc(Cl)c(C(S)=NC(=O)c2sc(-c3ccc(OC(F)(F)F)cc3)c(Br)c2C)c1F. The summed E-state index contributed by atoms with van der Waals surface area (Å²) in [5.74, 6) is -1.63. The van der Waals surface area contributed by atoms with Gasteiger partial charge in [-0.3, -0.25) is 4.79 Å². The number of thiophene rings is 1. The summed E-state index contributed by atoms with van der Waals surface area (Å²) < 4.78 is 56.0. The van der Waals surface area contributed by atoms with Crippen LogP contribution >= 0.6 is 51.5 Å². The van der Waals surface area contributed by atoms with Gasteiger partial charge in [0.05, 0.1) is 15.5 Å². The zero-order valence-corrected chi connectivity index (χ0v) is 20.4. The highest BCUT2D eigenvalue weighted by Gasteiger charge is 2.31. The van der Waals surface area contributed by atoms with Gasteiger partial charge in [0, 0.05) is 9.35 Å². The number of hydrogen-bond donors (Lipinski definition) is 1. The number of rotatable bonds is 4. The normalized spacial score (nSPS) is 12.2. The van der Waals surface area contributed by atoms with E-state index >= 15 is 0 Å². The summed E-state index contributed by atoms with van der Waals surface area (Å²) in [5.41, 5.74) is 1.40. The van der Waals surface area contributed by atoms with E-state index in [-0.39, 0.29) is 26.3 Å². The van der Waals surface area contributed by atoms with Crippen molar-refractivity contribution in [1.29, 1.82) is 0 Å². The number of thiol groups is 1. The van der Waals surface area contributed by atoms with E-state index in [1.54, 1.807) is 13.8 Å². The molecule has 0 fully saturated rings. The van der Waals surface area contributed by atoms with E-state index in [4.69, 9.17) is 11.6 Å². The van der Waals surface area contributed by atoms with Crippen LogP contribution in [0.4, 0.5) is 17.6 Å². The lowest BCUT2D eigenvalue weighted by atomic mass is 10.1. The fourth-order valence-corrected chi connectivity index (χ4v) is 5.26. The van der Waals surface area contributed by atoms with Crippen molar-refractivity contribution in [3.8, 4) is 16.2 Å². The van der Waals surface area contributed by atoms with Gasteiger partial charge >= 0.3 is 6.36 Å². The van der Waals surface area contributed by atoms with Crippen molar-refractivity contribution in [1.82, 2.24) is 0 Å². The molecule has 0 aliphatic heterocycles. The number of benzene rings is 2. The van der Waals surface area contributed by atoms with E-state index in [0.29, 0.717) is 26.0 Å². The zero-order valence-electron chi connectivity index (χ0n) is 16.4. The molecule has 3 nitrogen and oxygen atoms in total. The fourth-order valence-electron chi connectivity index (χ4n) is 2.76. The second-order valence-corrected chi connectivity index (χ2v) is 9.21. The zero-order chi connectivity index (χ0) is 23.8. The molecule has 0 N–H and O–H groups in total. The molecule has 0 aliphatic rings. The number of aliphatic imine (C=N–C) groups is 1. The van der Waals surface area contributed by atoms with E-state index < -0.39 is 18.1 Å². The molecule has 1 heterocycles. The van der Waals surface area contributed by atoms with Crippen molar-refractivity contribution in [3.63, 3.8) is 0 Å².